The van der Waals surface area contributed by atoms with Crippen molar-refractivity contribution in [3.63, 3.8) is 0 Å². The molecule has 1 saturated heterocycles. The molecule has 0 aliphatic carbocycles. The van der Waals surface area contributed by atoms with Gasteiger partial charge in [-0.15, -0.1) is 0 Å². The molecule has 3 aliphatic rings. The zero-order valence-electron chi connectivity index (χ0n) is 21.3. The van der Waals surface area contributed by atoms with E-state index in [4.69, 9.17) is 9.72 Å². The fourth-order valence-corrected chi connectivity index (χ4v) is 6.89. The summed E-state index contributed by atoms with van der Waals surface area (Å²) in [4.78, 5) is 28.4. The highest BCUT2D eigenvalue weighted by molar-refractivity contribution is 7.90. The Morgan fingerprint density at radius 1 is 0.974 bits per heavy atom. The van der Waals surface area contributed by atoms with E-state index in [2.05, 4.69) is 44.4 Å². The van der Waals surface area contributed by atoms with E-state index in [0.717, 1.165) is 54.5 Å². The first kappa shape index (κ1) is 24.6. The number of nitrogens with one attached hydrogen (secondary N) is 1. The van der Waals surface area contributed by atoms with Crippen LogP contribution in [0.2, 0.25) is 0 Å². The van der Waals surface area contributed by atoms with Gasteiger partial charge in [-0.05, 0) is 54.4 Å². The molecular formula is C27H30N6O4S. The summed E-state index contributed by atoms with van der Waals surface area (Å²) in [5.74, 6) is 1.19. The molecule has 1 amide bonds. The van der Waals surface area contributed by atoms with Crippen molar-refractivity contribution in [3.8, 4) is 0 Å². The molecule has 198 valence electrons. The smallest absolute Gasteiger partial charge is 0.229 e. The van der Waals surface area contributed by atoms with E-state index < -0.39 is 9.84 Å². The van der Waals surface area contributed by atoms with Crippen molar-refractivity contribution in [2.24, 2.45) is 0 Å². The van der Waals surface area contributed by atoms with Crippen molar-refractivity contribution in [2.45, 2.75) is 24.9 Å². The molecule has 38 heavy (non-hydrogen) atoms. The Bertz CT molecular complexity index is 1470. The first-order valence-electron chi connectivity index (χ1n) is 12.9. The van der Waals surface area contributed by atoms with Gasteiger partial charge in [0.15, 0.2) is 15.7 Å². The van der Waals surface area contributed by atoms with Gasteiger partial charge >= 0.3 is 0 Å². The number of rotatable bonds is 5. The molecule has 0 bridgehead atoms. The van der Waals surface area contributed by atoms with Crippen molar-refractivity contribution in [3.05, 3.63) is 59.8 Å². The van der Waals surface area contributed by atoms with E-state index in [1.54, 1.807) is 11.1 Å². The molecule has 0 saturated carbocycles. The summed E-state index contributed by atoms with van der Waals surface area (Å²) < 4.78 is 29.5. The number of aromatic nitrogens is 2. The van der Waals surface area contributed by atoms with Crippen LogP contribution in [0.25, 0.3) is 0 Å². The topological polar surface area (TPSA) is 108 Å². The maximum atomic E-state index is 12.9. The Balaban J connectivity index is 1.32. The Labute approximate surface area is 222 Å². The van der Waals surface area contributed by atoms with Gasteiger partial charge in [0.1, 0.15) is 5.69 Å². The van der Waals surface area contributed by atoms with Crippen LogP contribution in [0.15, 0.2) is 48.7 Å². The molecule has 0 unspecified atom stereocenters. The SMILES string of the molecule is CCN1C(=O)CCN(c2ccc(N3CCOCC3)cc2)c2nc(Nc3ccc4c(c3)CS(=O)(=O)C4)ncc21. The van der Waals surface area contributed by atoms with E-state index in [1.807, 2.05) is 25.1 Å². The highest BCUT2D eigenvalue weighted by Crippen LogP contribution is 2.37. The van der Waals surface area contributed by atoms with Gasteiger partial charge in [-0.1, -0.05) is 6.07 Å². The van der Waals surface area contributed by atoms with E-state index in [0.29, 0.717) is 37.0 Å². The van der Waals surface area contributed by atoms with E-state index in [-0.39, 0.29) is 17.4 Å². The lowest BCUT2D eigenvalue weighted by molar-refractivity contribution is -0.118. The van der Waals surface area contributed by atoms with Gasteiger partial charge in [0.25, 0.3) is 0 Å². The summed E-state index contributed by atoms with van der Waals surface area (Å²) in [6, 6.07) is 13.9. The second-order valence-electron chi connectivity index (χ2n) is 9.70. The number of benzene rings is 2. The van der Waals surface area contributed by atoms with Crippen LogP contribution in [0.4, 0.5) is 34.5 Å². The Morgan fingerprint density at radius 3 is 2.47 bits per heavy atom. The van der Waals surface area contributed by atoms with Gasteiger partial charge in [-0.25, -0.2) is 13.4 Å². The predicted molar refractivity (Wildman–Crippen MR) is 147 cm³/mol. The molecule has 0 radical (unpaired) electrons. The van der Waals surface area contributed by atoms with Crippen LogP contribution < -0.4 is 20.0 Å². The number of morpholine rings is 1. The Kier molecular flexibility index (Phi) is 6.40. The summed E-state index contributed by atoms with van der Waals surface area (Å²) in [5, 5.41) is 3.23. The van der Waals surface area contributed by atoms with Gasteiger partial charge in [0.2, 0.25) is 11.9 Å². The van der Waals surface area contributed by atoms with Crippen LogP contribution in [-0.4, -0.2) is 63.7 Å². The number of fused-ring (bicyclic) bond motifs is 2. The Morgan fingerprint density at radius 2 is 1.71 bits per heavy atom. The molecule has 0 atom stereocenters. The molecular weight excluding hydrogens is 504 g/mol. The molecule has 6 rings (SSSR count). The monoisotopic (exact) mass is 534 g/mol. The minimum absolute atomic E-state index is 0.0327. The van der Waals surface area contributed by atoms with Crippen molar-refractivity contribution in [1.29, 1.82) is 0 Å². The van der Waals surface area contributed by atoms with Crippen molar-refractivity contribution in [2.75, 3.05) is 59.4 Å². The maximum Gasteiger partial charge on any atom is 0.229 e. The minimum atomic E-state index is -3.09. The van der Waals surface area contributed by atoms with Gasteiger partial charge in [0, 0.05) is 49.7 Å². The number of sulfone groups is 1. The summed E-state index contributed by atoms with van der Waals surface area (Å²) in [6.45, 7) is 6.13. The third-order valence-corrected chi connectivity index (χ3v) is 8.72. The largest absolute Gasteiger partial charge is 0.378 e. The molecule has 11 heteroatoms. The third kappa shape index (κ3) is 4.79. The number of ether oxygens (including phenoxy) is 1. The zero-order valence-corrected chi connectivity index (χ0v) is 22.1. The van der Waals surface area contributed by atoms with Crippen molar-refractivity contribution < 1.29 is 17.9 Å². The quantitative estimate of drug-likeness (QED) is 0.527. The average Bonchev–Trinajstić information content (AvgIpc) is 3.16. The number of carbonyl (C=O) groups excluding carboxylic acids is 1. The number of anilines is 6. The number of amides is 1. The number of carbonyl (C=O) groups is 1. The standard InChI is InChI=1S/C27H30N6O4S/c1-2-32-24-16-28-27(29-21-4-3-19-17-38(35,36)18-20(19)15-21)30-26(24)33(10-9-25(32)34)23-7-5-22(6-8-23)31-11-13-37-14-12-31/h3-8,15-16H,2,9-14,17-18H2,1H3,(H,28,29,30). The van der Waals surface area contributed by atoms with Gasteiger partial charge < -0.3 is 24.8 Å². The molecule has 0 spiro atoms. The summed E-state index contributed by atoms with van der Waals surface area (Å²) >= 11 is 0. The zero-order chi connectivity index (χ0) is 26.3. The highest BCUT2D eigenvalue weighted by atomic mass is 32.2. The predicted octanol–water partition coefficient (Wildman–Crippen LogP) is 3.38. The fraction of sp³-hybridized carbons (Fsp3) is 0.370. The van der Waals surface area contributed by atoms with E-state index >= 15 is 0 Å². The van der Waals surface area contributed by atoms with Crippen molar-refractivity contribution in [1.82, 2.24) is 9.97 Å². The molecule has 1 fully saturated rings. The maximum absolute atomic E-state index is 12.9. The molecule has 1 N–H and O–H groups in total. The molecule has 4 heterocycles. The second kappa shape index (κ2) is 9.88. The second-order valence-corrected chi connectivity index (χ2v) is 11.8. The van der Waals surface area contributed by atoms with Crippen LogP contribution in [0.1, 0.15) is 24.5 Å². The number of hydrogen-bond acceptors (Lipinski definition) is 9. The highest BCUT2D eigenvalue weighted by Gasteiger charge is 2.29. The number of hydrogen-bond donors (Lipinski definition) is 1. The summed E-state index contributed by atoms with van der Waals surface area (Å²) in [5.41, 5.74) is 5.11. The van der Waals surface area contributed by atoms with Crippen LogP contribution in [-0.2, 0) is 30.9 Å². The fourth-order valence-electron chi connectivity index (χ4n) is 5.29. The molecule has 3 aromatic rings. The van der Waals surface area contributed by atoms with E-state index in [1.165, 1.54) is 0 Å². The first-order valence-corrected chi connectivity index (χ1v) is 14.7. The van der Waals surface area contributed by atoms with Crippen LogP contribution in [0.3, 0.4) is 0 Å². The van der Waals surface area contributed by atoms with Crippen LogP contribution in [0.5, 0.6) is 0 Å². The first-order chi connectivity index (χ1) is 18.4. The lowest BCUT2D eigenvalue weighted by Crippen LogP contribution is -2.36. The van der Waals surface area contributed by atoms with Crippen LogP contribution in [0, 0.1) is 0 Å². The number of nitrogens with zero attached hydrogens (tertiary/aromatic N) is 5. The van der Waals surface area contributed by atoms with Gasteiger partial charge in [-0.3, -0.25) is 4.79 Å². The van der Waals surface area contributed by atoms with Gasteiger partial charge in [-0.2, -0.15) is 4.98 Å². The summed E-state index contributed by atoms with van der Waals surface area (Å²) in [7, 11) is -3.09. The lowest BCUT2D eigenvalue weighted by Gasteiger charge is -2.30. The minimum Gasteiger partial charge on any atom is -0.378 e. The van der Waals surface area contributed by atoms with Gasteiger partial charge in [0.05, 0.1) is 30.9 Å². The third-order valence-electron chi connectivity index (χ3n) is 7.21. The lowest BCUT2D eigenvalue weighted by atomic mass is 10.1. The summed E-state index contributed by atoms with van der Waals surface area (Å²) in [6.07, 6.45) is 2.04. The Hall–Kier alpha value is -3.70. The van der Waals surface area contributed by atoms with E-state index in [9.17, 15) is 13.2 Å². The average molecular weight is 535 g/mol. The molecule has 10 nitrogen and oxygen atoms in total. The molecule has 1 aromatic heterocycles. The molecule has 3 aliphatic heterocycles. The molecule has 2 aromatic carbocycles. The normalized spacial score (nSPS) is 18.7. The van der Waals surface area contributed by atoms with Crippen molar-refractivity contribution >= 4 is 50.3 Å². The van der Waals surface area contributed by atoms with Crippen LogP contribution >= 0.6 is 0 Å².